The minimum Gasteiger partial charge on any atom is -0.368 e. The molecule has 2 amide bonds. The Balaban J connectivity index is 1.10. The molecule has 0 bridgehead atoms. The van der Waals surface area contributed by atoms with Gasteiger partial charge in [-0.2, -0.15) is 0 Å². The Morgan fingerprint density at radius 2 is 1.56 bits per heavy atom. The second-order valence-corrected chi connectivity index (χ2v) is 8.41. The first-order valence-corrected chi connectivity index (χ1v) is 11.6. The van der Waals surface area contributed by atoms with Crippen LogP contribution in [0.15, 0.2) is 48.8 Å². The SMILES string of the molecule is O=C(NCCCC(=O)N1CCN(c2ccccc2)CC1)C1CCN(c2ncccn2)CC1. The second kappa shape index (κ2) is 10.9. The molecular formula is C24H32N6O2. The van der Waals surface area contributed by atoms with Crippen LogP contribution in [-0.2, 0) is 9.59 Å². The van der Waals surface area contributed by atoms with Crippen molar-refractivity contribution in [3.63, 3.8) is 0 Å². The molecule has 1 N–H and O–H groups in total. The highest BCUT2D eigenvalue weighted by Crippen LogP contribution is 2.20. The Morgan fingerprint density at radius 1 is 0.875 bits per heavy atom. The van der Waals surface area contributed by atoms with E-state index in [1.807, 2.05) is 23.1 Å². The normalized spacial score (nSPS) is 17.3. The van der Waals surface area contributed by atoms with Gasteiger partial charge in [0.15, 0.2) is 0 Å². The zero-order chi connectivity index (χ0) is 22.2. The van der Waals surface area contributed by atoms with Gasteiger partial charge in [0.2, 0.25) is 17.8 Å². The van der Waals surface area contributed by atoms with Crippen molar-refractivity contribution in [3.05, 3.63) is 48.8 Å². The Bertz CT molecular complexity index is 789. The highest BCUT2D eigenvalue weighted by molar-refractivity contribution is 5.79. The lowest BCUT2D eigenvalue weighted by Crippen LogP contribution is -2.48. The molecule has 0 saturated carbocycles. The number of benzene rings is 1. The smallest absolute Gasteiger partial charge is 0.225 e. The van der Waals surface area contributed by atoms with E-state index in [4.69, 9.17) is 0 Å². The predicted molar refractivity (Wildman–Crippen MR) is 124 cm³/mol. The van der Waals surface area contributed by atoms with E-state index < -0.39 is 0 Å². The number of piperidine rings is 1. The van der Waals surface area contributed by atoms with Gasteiger partial charge in [0.1, 0.15) is 0 Å². The van der Waals surface area contributed by atoms with Gasteiger partial charge in [-0.1, -0.05) is 18.2 Å². The first-order valence-electron chi connectivity index (χ1n) is 11.6. The monoisotopic (exact) mass is 436 g/mol. The van der Waals surface area contributed by atoms with Crippen LogP contribution in [-0.4, -0.2) is 72.5 Å². The molecule has 2 saturated heterocycles. The quantitative estimate of drug-likeness (QED) is 0.668. The lowest BCUT2D eigenvalue weighted by Gasteiger charge is -2.36. The van der Waals surface area contributed by atoms with Crippen LogP contribution in [0.25, 0.3) is 0 Å². The van der Waals surface area contributed by atoms with Gasteiger partial charge in [0.25, 0.3) is 0 Å². The second-order valence-electron chi connectivity index (χ2n) is 8.41. The van der Waals surface area contributed by atoms with Crippen molar-refractivity contribution in [1.82, 2.24) is 20.2 Å². The molecule has 2 fully saturated rings. The fraction of sp³-hybridized carbons (Fsp3) is 0.500. The third-order valence-corrected chi connectivity index (χ3v) is 6.32. The maximum Gasteiger partial charge on any atom is 0.225 e. The molecule has 32 heavy (non-hydrogen) atoms. The van der Waals surface area contributed by atoms with Gasteiger partial charge in [-0.25, -0.2) is 9.97 Å². The third-order valence-electron chi connectivity index (χ3n) is 6.32. The first-order chi connectivity index (χ1) is 15.7. The van der Waals surface area contributed by atoms with Crippen molar-refractivity contribution in [2.45, 2.75) is 25.7 Å². The summed E-state index contributed by atoms with van der Waals surface area (Å²) in [5.41, 5.74) is 1.21. The number of carbonyl (C=O) groups excluding carboxylic acids is 2. The number of para-hydroxylation sites is 1. The molecule has 1 aromatic heterocycles. The number of piperazine rings is 1. The molecule has 0 aliphatic carbocycles. The average molecular weight is 437 g/mol. The van der Waals surface area contributed by atoms with Crippen LogP contribution >= 0.6 is 0 Å². The zero-order valence-electron chi connectivity index (χ0n) is 18.5. The van der Waals surface area contributed by atoms with Gasteiger partial charge < -0.3 is 20.0 Å². The molecule has 2 aromatic rings. The van der Waals surface area contributed by atoms with Crippen LogP contribution in [0.2, 0.25) is 0 Å². The molecule has 8 heteroatoms. The van der Waals surface area contributed by atoms with Crippen molar-refractivity contribution in [2.75, 3.05) is 55.6 Å². The minimum atomic E-state index is 0.0247. The molecule has 170 valence electrons. The summed E-state index contributed by atoms with van der Waals surface area (Å²) < 4.78 is 0. The van der Waals surface area contributed by atoms with Crippen LogP contribution in [0.5, 0.6) is 0 Å². The van der Waals surface area contributed by atoms with E-state index in [0.29, 0.717) is 19.4 Å². The van der Waals surface area contributed by atoms with Crippen molar-refractivity contribution < 1.29 is 9.59 Å². The fourth-order valence-electron chi connectivity index (χ4n) is 4.40. The van der Waals surface area contributed by atoms with Crippen LogP contribution < -0.4 is 15.1 Å². The van der Waals surface area contributed by atoms with Crippen LogP contribution in [0.3, 0.4) is 0 Å². The number of nitrogens with one attached hydrogen (secondary N) is 1. The van der Waals surface area contributed by atoms with Gasteiger partial charge in [0, 0.05) is 76.2 Å². The molecule has 0 spiro atoms. The lowest BCUT2D eigenvalue weighted by molar-refractivity contribution is -0.132. The Labute approximate surface area is 189 Å². The van der Waals surface area contributed by atoms with Crippen LogP contribution in [0, 0.1) is 5.92 Å². The average Bonchev–Trinajstić information content (AvgIpc) is 2.87. The molecule has 2 aliphatic rings. The maximum atomic E-state index is 12.5. The van der Waals surface area contributed by atoms with Gasteiger partial charge in [-0.05, 0) is 37.5 Å². The van der Waals surface area contributed by atoms with Crippen molar-refractivity contribution in [2.24, 2.45) is 5.92 Å². The van der Waals surface area contributed by atoms with Crippen LogP contribution in [0.1, 0.15) is 25.7 Å². The van der Waals surface area contributed by atoms with Crippen molar-refractivity contribution >= 4 is 23.5 Å². The maximum absolute atomic E-state index is 12.5. The molecule has 2 aliphatic heterocycles. The van der Waals surface area contributed by atoms with Gasteiger partial charge in [-0.3, -0.25) is 9.59 Å². The molecular weight excluding hydrogens is 404 g/mol. The largest absolute Gasteiger partial charge is 0.368 e. The van der Waals surface area contributed by atoms with E-state index >= 15 is 0 Å². The van der Waals surface area contributed by atoms with Crippen molar-refractivity contribution in [1.29, 1.82) is 0 Å². The van der Waals surface area contributed by atoms with Crippen LogP contribution in [0.4, 0.5) is 11.6 Å². The number of aromatic nitrogens is 2. The lowest BCUT2D eigenvalue weighted by atomic mass is 9.96. The summed E-state index contributed by atoms with van der Waals surface area (Å²) in [5.74, 6) is 1.04. The molecule has 8 nitrogen and oxygen atoms in total. The van der Waals surface area contributed by atoms with E-state index in [9.17, 15) is 9.59 Å². The molecule has 4 rings (SSSR count). The highest BCUT2D eigenvalue weighted by atomic mass is 16.2. The zero-order valence-corrected chi connectivity index (χ0v) is 18.5. The predicted octanol–water partition coefficient (Wildman–Crippen LogP) is 1.94. The number of carbonyl (C=O) groups is 2. The number of nitrogens with zero attached hydrogens (tertiary/aromatic N) is 5. The summed E-state index contributed by atoms with van der Waals surface area (Å²) in [6.45, 7) is 5.35. The fourth-order valence-corrected chi connectivity index (χ4v) is 4.40. The topological polar surface area (TPSA) is 81.7 Å². The highest BCUT2D eigenvalue weighted by Gasteiger charge is 2.26. The van der Waals surface area contributed by atoms with E-state index in [2.05, 4.69) is 37.2 Å². The van der Waals surface area contributed by atoms with Crippen molar-refractivity contribution in [3.8, 4) is 0 Å². The number of amides is 2. The third kappa shape index (κ3) is 5.75. The Morgan fingerprint density at radius 3 is 2.25 bits per heavy atom. The molecule has 0 radical (unpaired) electrons. The standard InChI is InChI=1S/C24H32N6O2/c31-22(29-18-16-28(17-19-29)21-6-2-1-3-7-21)8-4-11-25-23(32)20-9-14-30(15-10-20)24-26-12-5-13-27-24/h1-3,5-7,12-13,20H,4,8-11,14-19H2,(H,25,32). The minimum absolute atomic E-state index is 0.0247. The summed E-state index contributed by atoms with van der Waals surface area (Å²) in [6.07, 6.45) is 6.25. The molecule has 0 atom stereocenters. The Kier molecular flexibility index (Phi) is 7.53. The molecule has 0 unspecified atom stereocenters. The summed E-state index contributed by atoms with van der Waals surface area (Å²) >= 11 is 0. The summed E-state index contributed by atoms with van der Waals surface area (Å²) in [4.78, 5) is 40.0. The number of hydrogen-bond donors (Lipinski definition) is 1. The number of anilines is 2. The van der Waals surface area contributed by atoms with E-state index in [1.54, 1.807) is 18.5 Å². The van der Waals surface area contributed by atoms with Gasteiger partial charge in [-0.15, -0.1) is 0 Å². The van der Waals surface area contributed by atoms with E-state index in [-0.39, 0.29) is 17.7 Å². The summed E-state index contributed by atoms with van der Waals surface area (Å²) in [7, 11) is 0. The molecule has 1 aromatic carbocycles. The summed E-state index contributed by atoms with van der Waals surface area (Å²) in [6, 6.07) is 12.1. The molecule has 3 heterocycles. The summed E-state index contributed by atoms with van der Waals surface area (Å²) in [5, 5.41) is 3.03. The first kappa shape index (κ1) is 22.0. The van der Waals surface area contributed by atoms with E-state index in [0.717, 1.165) is 58.1 Å². The Hall–Kier alpha value is -3.16. The van der Waals surface area contributed by atoms with Gasteiger partial charge in [0.05, 0.1) is 0 Å². The van der Waals surface area contributed by atoms with E-state index in [1.165, 1.54) is 5.69 Å². The van der Waals surface area contributed by atoms with Gasteiger partial charge >= 0.3 is 0 Å². The number of rotatable bonds is 7. The number of hydrogen-bond acceptors (Lipinski definition) is 6.